The third-order valence-corrected chi connectivity index (χ3v) is 4.90. The zero-order valence-electron chi connectivity index (χ0n) is 15.0. The molecule has 144 valence electrons. The number of hydrogen-bond donors (Lipinski definition) is 0. The predicted octanol–water partition coefficient (Wildman–Crippen LogP) is 4.69. The zero-order valence-corrected chi connectivity index (χ0v) is 16.6. The number of rotatable bonds is 4. The van der Waals surface area contributed by atoms with Crippen molar-refractivity contribution in [3.05, 3.63) is 74.4 Å². The lowest BCUT2D eigenvalue weighted by atomic mass is 10.1. The second kappa shape index (κ2) is 7.44. The molecule has 9 heteroatoms. The van der Waals surface area contributed by atoms with Crippen molar-refractivity contribution in [3.8, 4) is 17.2 Å². The van der Waals surface area contributed by atoms with Crippen LogP contribution in [0.1, 0.15) is 11.1 Å². The van der Waals surface area contributed by atoms with E-state index in [-0.39, 0.29) is 21.5 Å². The largest absolute Gasteiger partial charge is 0.871 e. The second-order valence-electron chi connectivity index (χ2n) is 6.16. The van der Waals surface area contributed by atoms with Crippen LogP contribution in [-0.2, 0) is 0 Å². The van der Waals surface area contributed by atoms with Crippen LogP contribution in [-0.4, -0.2) is 21.1 Å². The Bertz CT molecular complexity index is 1250. The molecule has 4 rings (SSSR count). The first-order chi connectivity index (χ1) is 13.9. The molecule has 0 saturated heterocycles. The molecule has 2 heterocycles. The summed E-state index contributed by atoms with van der Waals surface area (Å²) in [4.78, 5) is 23.4. The highest BCUT2D eigenvalue weighted by Gasteiger charge is 2.13. The van der Waals surface area contributed by atoms with E-state index in [2.05, 4.69) is 30.9 Å². The molecule has 0 aliphatic carbocycles. The molecule has 0 aliphatic heterocycles. The van der Waals surface area contributed by atoms with Crippen LogP contribution in [0.2, 0.25) is 0 Å². The number of benzene rings is 2. The normalized spacial score (nSPS) is 11.4. The van der Waals surface area contributed by atoms with Crippen LogP contribution in [0.3, 0.4) is 0 Å². The van der Waals surface area contributed by atoms with Crippen molar-refractivity contribution in [2.24, 2.45) is 4.99 Å². The number of nitro benzene ring substituents is 1. The van der Waals surface area contributed by atoms with E-state index in [0.29, 0.717) is 22.8 Å². The van der Waals surface area contributed by atoms with Gasteiger partial charge in [-0.2, -0.15) is 4.98 Å². The fraction of sp³-hybridized carbons (Fsp3) is 0.0500. The number of hydrogen-bond acceptors (Lipinski definition) is 7. The Balaban J connectivity index is 1.74. The van der Waals surface area contributed by atoms with Crippen LogP contribution in [0.4, 0.5) is 11.4 Å². The summed E-state index contributed by atoms with van der Waals surface area (Å²) >= 11 is 3.06. The van der Waals surface area contributed by atoms with Gasteiger partial charge in [0.25, 0.3) is 5.69 Å². The maximum Gasteiger partial charge on any atom is 0.271 e. The number of aliphatic imine (C=N–C) groups is 1. The van der Waals surface area contributed by atoms with Crippen molar-refractivity contribution in [1.29, 1.82) is 0 Å². The third kappa shape index (κ3) is 3.59. The summed E-state index contributed by atoms with van der Waals surface area (Å²) in [7, 11) is 0. The van der Waals surface area contributed by atoms with Crippen molar-refractivity contribution in [2.75, 3.05) is 0 Å². The van der Waals surface area contributed by atoms with E-state index >= 15 is 0 Å². The van der Waals surface area contributed by atoms with Gasteiger partial charge in [0.1, 0.15) is 0 Å². The zero-order chi connectivity index (χ0) is 20.5. The lowest BCUT2D eigenvalue weighted by molar-refractivity contribution is -0.385. The number of oxazole rings is 1. The van der Waals surface area contributed by atoms with Crippen LogP contribution in [0, 0.1) is 17.0 Å². The van der Waals surface area contributed by atoms with Crippen molar-refractivity contribution in [1.82, 2.24) is 9.97 Å². The van der Waals surface area contributed by atoms with Crippen molar-refractivity contribution in [3.63, 3.8) is 0 Å². The molecule has 0 N–H and O–H groups in total. The Morgan fingerprint density at radius 3 is 2.83 bits per heavy atom. The van der Waals surface area contributed by atoms with E-state index in [9.17, 15) is 15.2 Å². The number of aromatic nitrogens is 2. The SMILES string of the molecule is Cc1c(N=Cc2cc([N+](=O)[O-])cc(Br)c2[O-])cccc1-c1nc2ncccc2o1. The van der Waals surface area contributed by atoms with Gasteiger partial charge in [-0.1, -0.05) is 27.7 Å². The first-order valence-electron chi connectivity index (χ1n) is 8.44. The third-order valence-electron chi connectivity index (χ3n) is 4.31. The molecular weight excluding hydrogens is 440 g/mol. The molecule has 0 saturated carbocycles. The van der Waals surface area contributed by atoms with E-state index in [1.807, 2.05) is 13.0 Å². The molecule has 4 aromatic rings. The highest BCUT2D eigenvalue weighted by Crippen LogP contribution is 2.33. The number of halogens is 1. The molecule has 29 heavy (non-hydrogen) atoms. The smallest absolute Gasteiger partial charge is 0.271 e. The van der Waals surface area contributed by atoms with Crippen molar-refractivity contribution >= 4 is 44.7 Å². The Morgan fingerprint density at radius 2 is 2.07 bits per heavy atom. The van der Waals surface area contributed by atoms with Gasteiger partial charge in [0.15, 0.2) is 11.2 Å². The molecular formula is C20H12BrN4O4-. The first kappa shape index (κ1) is 18.8. The summed E-state index contributed by atoms with van der Waals surface area (Å²) in [5.41, 5.74) is 3.11. The Hall–Kier alpha value is -3.59. The summed E-state index contributed by atoms with van der Waals surface area (Å²) < 4.78 is 5.88. The van der Waals surface area contributed by atoms with E-state index in [1.165, 1.54) is 18.3 Å². The minimum Gasteiger partial charge on any atom is -0.871 e. The van der Waals surface area contributed by atoms with Gasteiger partial charge in [0.2, 0.25) is 5.89 Å². The minimum absolute atomic E-state index is 0.109. The highest BCUT2D eigenvalue weighted by molar-refractivity contribution is 9.10. The number of pyridine rings is 1. The fourth-order valence-electron chi connectivity index (χ4n) is 2.82. The Morgan fingerprint density at radius 1 is 1.24 bits per heavy atom. The number of nitro groups is 1. The molecule has 0 spiro atoms. The topological polar surface area (TPSA) is 117 Å². The molecule has 0 unspecified atom stereocenters. The average molecular weight is 452 g/mol. The van der Waals surface area contributed by atoms with Gasteiger partial charge in [-0.05, 0) is 42.3 Å². The van der Waals surface area contributed by atoms with Gasteiger partial charge >= 0.3 is 0 Å². The monoisotopic (exact) mass is 451 g/mol. The van der Waals surface area contributed by atoms with Gasteiger partial charge < -0.3 is 9.52 Å². The van der Waals surface area contributed by atoms with Crippen LogP contribution in [0.15, 0.2) is 62.5 Å². The summed E-state index contributed by atoms with van der Waals surface area (Å²) in [6.45, 7) is 1.85. The molecule has 0 atom stereocenters. The molecule has 2 aromatic heterocycles. The summed E-state index contributed by atoms with van der Waals surface area (Å²) in [6, 6.07) is 11.3. The highest BCUT2D eigenvalue weighted by atomic mass is 79.9. The van der Waals surface area contributed by atoms with Crippen LogP contribution < -0.4 is 5.11 Å². The van der Waals surface area contributed by atoms with Gasteiger partial charge in [0.05, 0.1) is 10.6 Å². The van der Waals surface area contributed by atoms with E-state index < -0.39 is 4.92 Å². The Kier molecular flexibility index (Phi) is 4.81. The quantitative estimate of drug-likeness (QED) is 0.252. The van der Waals surface area contributed by atoms with Gasteiger partial charge in [-0.25, -0.2) is 4.98 Å². The first-order valence-corrected chi connectivity index (χ1v) is 9.24. The lowest BCUT2D eigenvalue weighted by Crippen LogP contribution is -2.00. The molecule has 0 bridgehead atoms. The standard InChI is InChI=1S/C20H13BrN4O4/c1-11-14(20-24-19-17(29-20)6-3-7-22-19)4-2-5-16(11)23-10-12-8-13(25(27)28)9-15(21)18(12)26/h2-10,26H,1H3/p-1. The minimum atomic E-state index is -0.561. The summed E-state index contributed by atoms with van der Waals surface area (Å²) in [6.07, 6.45) is 2.96. The summed E-state index contributed by atoms with van der Waals surface area (Å²) in [5, 5.41) is 23.3. The van der Waals surface area contributed by atoms with Gasteiger partial charge in [0, 0.05) is 34.6 Å². The molecule has 0 amide bonds. The van der Waals surface area contributed by atoms with Crippen LogP contribution in [0.25, 0.3) is 22.7 Å². The Labute approximate surface area is 172 Å². The maximum atomic E-state index is 12.2. The van der Waals surface area contributed by atoms with Gasteiger partial charge in [-0.15, -0.1) is 0 Å². The predicted molar refractivity (Wildman–Crippen MR) is 109 cm³/mol. The molecule has 0 radical (unpaired) electrons. The van der Waals surface area contributed by atoms with Crippen molar-refractivity contribution < 1.29 is 14.4 Å². The van der Waals surface area contributed by atoms with E-state index in [0.717, 1.165) is 11.1 Å². The van der Waals surface area contributed by atoms with Crippen LogP contribution >= 0.6 is 15.9 Å². The van der Waals surface area contributed by atoms with Gasteiger partial charge in [-0.3, -0.25) is 15.1 Å². The van der Waals surface area contributed by atoms with E-state index in [4.69, 9.17) is 4.42 Å². The molecule has 0 fully saturated rings. The number of non-ortho nitro benzene ring substituents is 1. The fourth-order valence-corrected chi connectivity index (χ4v) is 3.28. The van der Waals surface area contributed by atoms with E-state index in [1.54, 1.807) is 30.5 Å². The lowest BCUT2D eigenvalue weighted by Gasteiger charge is -2.12. The number of nitrogens with zero attached hydrogens (tertiary/aromatic N) is 4. The average Bonchev–Trinajstić information content (AvgIpc) is 3.13. The number of fused-ring (bicyclic) bond motifs is 1. The van der Waals surface area contributed by atoms with Crippen molar-refractivity contribution in [2.45, 2.75) is 6.92 Å². The van der Waals surface area contributed by atoms with Crippen LogP contribution in [0.5, 0.6) is 5.75 Å². The molecule has 2 aromatic carbocycles. The summed E-state index contributed by atoms with van der Waals surface area (Å²) in [5.74, 6) is 0.0361. The molecule has 8 nitrogen and oxygen atoms in total. The second-order valence-corrected chi connectivity index (χ2v) is 7.01. The maximum absolute atomic E-state index is 12.2. The molecule has 0 aliphatic rings.